The SMILES string of the molecule is CCOc1ccc(C(=O)CC(C)C2CCCNC2)cc1. The van der Waals surface area contributed by atoms with Crippen LogP contribution >= 0.6 is 0 Å². The molecule has 0 amide bonds. The van der Waals surface area contributed by atoms with Crippen molar-refractivity contribution in [2.24, 2.45) is 11.8 Å². The molecule has 2 atom stereocenters. The Bertz CT molecular complexity index is 421. The summed E-state index contributed by atoms with van der Waals surface area (Å²) in [6.45, 7) is 6.98. The van der Waals surface area contributed by atoms with Crippen molar-refractivity contribution < 1.29 is 9.53 Å². The van der Waals surface area contributed by atoms with Crippen molar-refractivity contribution in [3.05, 3.63) is 29.8 Å². The fourth-order valence-electron chi connectivity index (χ4n) is 2.85. The first-order chi connectivity index (χ1) is 9.70. The Morgan fingerprint density at radius 2 is 2.15 bits per heavy atom. The highest BCUT2D eigenvalue weighted by molar-refractivity contribution is 5.96. The number of nitrogens with one attached hydrogen (secondary N) is 1. The second-order valence-electron chi connectivity index (χ2n) is 5.67. The standard InChI is InChI=1S/C17H25NO2/c1-3-20-16-8-6-14(7-9-16)17(19)11-13(2)15-5-4-10-18-12-15/h6-9,13,15,18H,3-5,10-12H2,1-2H3. The molecule has 2 rings (SSSR count). The van der Waals surface area contributed by atoms with Gasteiger partial charge in [-0.15, -0.1) is 0 Å². The number of ether oxygens (including phenoxy) is 1. The summed E-state index contributed by atoms with van der Waals surface area (Å²) in [6.07, 6.45) is 3.11. The molecule has 1 aromatic carbocycles. The van der Waals surface area contributed by atoms with Crippen LogP contribution in [0.2, 0.25) is 0 Å². The number of piperidine rings is 1. The number of carbonyl (C=O) groups excluding carboxylic acids is 1. The number of rotatable bonds is 6. The summed E-state index contributed by atoms with van der Waals surface area (Å²) in [4.78, 5) is 12.3. The van der Waals surface area contributed by atoms with E-state index in [-0.39, 0.29) is 5.78 Å². The van der Waals surface area contributed by atoms with Gasteiger partial charge in [-0.3, -0.25) is 4.79 Å². The maximum atomic E-state index is 12.3. The number of hydrogen-bond donors (Lipinski definition) is 1. The van der Waals surface area contributed by atoms with Gasteiger partial charge in [-0.05, 0) is 69.0 Å². The smallest absolute Gasteiger partial charge is 0.163 e. The summed E-state index contributed by atoms with van der Waals surface area (Å²) in [7, 11) is 0. The Morgan fingerprint density at radius 3 is 2.75 bits per heavy atom. The van der Waals surface area contributed by atoms with Gasteiger partial charge in [0, 0.05) is 12.0 Å². The predicted molar refractivity (Wildman–Crippen MR) is 81.3 cm³/mol. The van der Waals surface area contributed by atoms with E-state index in [1.165, 1.54) is 12.8 Å². The zero-order valence-corrected chi connectivity index (χ0v) is 12.5. The molecule has 2 unspecified atom stereocenters. The van der Waals surface area contributed by atoms with Crippen LogP contribution in [0, 0.1) is 11.8 Å². The number of ketones is 1. The molecule has 0 bridgehead atoms. The van der Waals surface area contributed by atoms with Crippen LogP contribution in [0.15, 0.2) is 24.3 Å². The van der Waals surface area contributed by atoms with Crippen LogP contribution in [0.3, 0.4) is 0 Å². The third kappa shape index (κ3) is 4.07. The van der Waals surface area contributed by atoms with Gasteiger partial charge in [0.2, 0.25) is 0 Å². The summed E-state index contributed by atoms with van der Waals surface area (Å²) in [6, 6.07) is 7.51. The maximum absolute atomic E-state index is 12.3. The van der Waals surface area contributed by atoms with E-state index in [2.05, 4.69) is 12.2 Å². The molecule has 1 heterocycles. The number of Topliss-reactive ketones (excluding diaryl/α,β-unsaturated/α-hetero) is 1. The van der Waals surface area contributed by atoms with Gasteiger partial charge in [0.15, 0.2) is 5.78 Å². The molecule has 3 nitrogen and oxygen atoms in total. The van der Waals surface area contributed by atoms with Crippen molar-refractivity contribution in [2.75, 3.05) is 19.7 Å². The lowest BCUT2D eigenvalue weighted by Gasteiger charge is -2.28. The number of hydrogen-bond acceptors (Lipinski definition) is 3. The van der Waals surface area contributed by atoms with E-state index in [1.54, 1.807) is 0 Å². The summed E-state index contributed by atoms with van der Waals surface area (Å²) in [5.41, 5.74) is 0.795. The summed E-state index contributed by atoms with van der Waals surface area (Å²) in [5, 5.41) is 3.42. The van der Waals surface area contributed by atoms with E-state index >= 15 is 0 Å². The minimum Gasteiger partial charge on any atom is -0.494 e. The minimum absolute atomic E-state index is 0.242. The van der Waals surface area contributed by atoms with Gasteiger partial charge in [-0.1, -0.05) is 6.92 Å². The molecule has 1 N–H and O–H groups in total. The maximum Gasteiger partial charge on any atom is 0.163 e. The Hall–Kier alpha value is -1.35. The Balaban J connectivity index is 1.89. The lowest BCUT2D eigenvalue weighted by molar-refractivity contribution is 0.0943. The molecule has 0 saturated carbocycles. The molecule has 1 aromatic rings. The molecule has 0 radical (unpaired) electrons. The van der Waals surface area contributed by atoms with Gasteiger partial charge in [0.25, 0.3) is 0 Å². The van der Waals surface area contributed by atoms with Crippen LogP contribution < -0.4 is 10.1 Å². The second kappa shape index (κ2) is 7.44. The van der Waals surface area contributed by atoms with Crippen LogP contribution in [0.5, 0.6) is 5.75 Å². The van der Waals surface area contributed by atoms with Gasteiger partial charge in [0.1, 0.15) is 5.75 Å². The van der Waals surface area contributed by atoms with Crippen molar-refractivity contribution in [3.8, 4) is 5.75 Å². The highest BCUT2D eigenvalue weighted by Crippen LogP contribution is 2.24. The summed E-state index contributed by atoms with van der Waals surface area (Å²) < 4.78 is 5.40. The molecule has 1 aliphatic rings. The van der Waals surface area contributed by atoms with Crippen molar-refractivity contribution in [1.82, 2.24) is 5.32 Å². The molecule has 110 valence electrons. The highest BCUT2D eigenvalue weighted by Gasteiger charge is 2.22. The molecule has 1 saturated heterocycles. The molecular formula is C17H25NO2. The lowest BCUT2D eigenvalue weighted by atomic mass is 9.83. The van der Waals surface area contributed by atoms with Crippen LogP contribution in [-0.4, -0.2) is 25.5 Å². The zero-order chi connectivity index (χ0) is 14.4. The van der Waals surface area contributed by atoms with Gasteiger partial charge >= 0.3 is 0 Å². The van der Waals surface area contributed by atoms with Crippen LogP contribution in [0.1, 0.15) is 43.5 Å². The molecule has 3 heteroatoms. The Morgan fingerprint density at radius 1 is 1.40 bits per heavy atom. The summed E-state index contributed by atoms with van der Waals surface area (Å²) in [5.74, 6) is 2.15. The fraction of sp³-hybridized carbons (Fsp3) is 0.588. The van der Waals surface area contributed by atoms with E-state index in [4.69, 9.17) is 4.74 Å². The summed E-state index contributed by atoms with van der Waals surface area (Å²) >= 11 is 0. The first kappa shape index (κ1) is 15.0. The van der Waals surface area contributed by atoms with Crippen LogP contribution in [0.4, 0.5) is 0 Å². The van der Waals surface area contributed by atoms with Crippen LogP contribution in [-0.2, 0) is 0 Å². The quantitative estimate of drug-likeness (QED) is 0.810. The van der Waals surface area contributed by atoms with E-state index in [9.17, 15) is 4.79 Å². The lowest BCUT2D eigenvalue weighted by Crippen LogP contribution is -2.34. The van der Waals surface area contributed by atoms with Crippen molar-refractivity contribution in [2.45, 2.75) is 33.1 Å². The van der Waals surface area contributed by atoms with Gasteiger partial charge in [-0.25, -0.2) is 0 Å². The van der Waals surface area contributed by atoms with Gasteiger partial charge in [-0.2, -0.15) is 0 Å². The van der Waals surface area contributed by atoms with E-state index in [0.29, 0.717) is 24.9 Å². The van der Waals surface area contributed by atoms with Crippen molar-refractivity contribution in [1.29, 1.82) is 0 Å². The average molecular weight is 275 g/mol. The minimum atomic E-state index is 0.242. The third-order valence-corrected chi connectivity index (χ3v) is 4.13. The largest absolute Gasteiger partial charge is 0.494 e. The van der Waals surface area contributed by atoms with Gasteiger partial charge in [0.05, 0.1) is 6.61 Å². The van der Waals surface area contributed by atoms with Crippen molar-refractivity contribution >= 4 is 5.78 Å². The molecule has 0 aromatic heterocycles. The van der Waals surface area contributed by atoms with E-state index < -0.39 is 0 Å². The molecule has 0 spiro atoms. The average Bonchev–Trinajstić information content (AvgIpc) is 2.49. The van der Waals surface area contributed by atoms with E-state index in [1.807, 2.05) is 31.2 Å². The second-order valence-corrected chi connectivity index (χ2v) is 5.67. The van der Waals surface area contributed by atoms with Gasteiger partial charge < -0.3 is 10.1 Å². The number of benzene rings is 1. The molecule has 1 fully saturated rings. The van der Waals surface area contributed by atoms with Crippen LogP contribution in [0.25, 0.3) is 0 Å². The first-order valence-corrected chi connectivity index (χ1v) is 7.67. The first-order valence-electron chi connectivity index (χ1n) is 7.67. The van der Waals surface area contributed by atoms with E-state index in [0.717, 1.165) is 24.4 Å². The third-order valence-electron chi connectivity index (χ3n) is 4.13. The Kier molecular flexibility index (Phi) is 5.60. The number of carbonyl (C=O) groups is 1. The highest BCUT2D eigenvalue weighted by atomic mass is 16.5. The predicted octanol–water partition coefficient (Wildman–Crippen LogP) is 3.29. The fourth-order valence-corrected chi connectivity index (χ4v) is 2.85. The molecule has 20 heavy (non-hydrogen) atoms. The van der Waals surface area contributed by atoms with Crippen molar-refractivity contribution in [3.63, 3.8) is 0 Å². The molecular weight excluding hydrogens is 250 g/mol. The topological polar surface area (TPSA) is 38.3 Å². The molecule has 0 aliphatic carbocycles. The monoisotopic (exact) mass is 275 g/mol. The Labute approximate surface area is 121 Å². The molecule has 1 aliphatic heterocycles. The normalized spacial score (nSPS) is 20.4. The zero-order valence-electron chi connectivity index (χ0n) is 12.5.